The van der Waals surface area contributed by atoms with E-state index < -0.39 is 10.1 Å². The van der Waals surface area contributed by atoms with Crippen LogP contribution in [0.15, 0.2) is 0 Å². The summed E-state index contributed by atoms with van der Waals surface area (Å²) in [6.07, 6.45) is 0. The summed E-state index contributed by atoms with van der Waals surface area (Å²) in [5, 5.41) is -0.976. The van der Waals surface area contributed by atoms with Gasteiger partial charge in [-0.3, -0.25) is 0 Å². The molecule has 0 unspecified atom stereocenters. The molecule has 1 fully saturated rings. The van der Waals surface area contributed by atoms with Gasteiger partial charge in [-0.05, 0) is 0 Å². The van der Waals surface area contributed by atoms with Crippen LogP contribution in [0.2, 0.25) is 0 Å². The Balaban J connectivity index is 2.46. The maximum Gasteiger partial charge on any atom is 0.182 e. The Morgan fingerprint density at radius 3 is 1.00 bits per heavy atom. The number of hydrogen-bond donors (Lipinski definition) is 0. The standard InChI is InChI=1S/C2H12O4Si4/c7-1(8)3-5-2(9,10)6-4-1/h7-10H3. The third kappa shape index (κ3) is 2.39. The molecule has 10 heavy (non-hydrogen) atoms. The van der Waals surface area contributed by atoms with Gasteiger partial charge >= 0.3 is 0 Å². The predicted octanol–water partition coefficient (Wildman–Crippen LogP) is -5.42. The van der Waals surface area contributed by atoms with Gasteiger partial charge in [0.25, 0.3) is 0 Å². The molecule has 0 spiro atoms. The van der Waals surface area contributed by atoms with E-state index in [1.165, 1.54) is 0 Å². The van der Waals surface area contributed by atoms with Crippen LogP contribution in [0.1, 0.15) is 0 Å². The van der Waals surface area contributed by atoms with E-state index in [1.807, 2.05) is 0 Å². The first-order valence-corrected chi connectivity index (χ1v) is 7.15. The smallest absolute Gasteiger partial charge is 0.182 e. The molecule has 1 rings (SSSR count). The lowest BCUT2D eigenvalue weighted by Gasteiger charge is -2.36. The van der Waals surface area contributed by atoms with Crippen LogP contribution in [0.3, 0.4) is 0 Å². The van der Waals surface area contributed by atoms with Crippen molar-refractivity contribution in [3.8, 4) is 0 Å². The topological polar surface area (TPSA) is 36.9 Å². The van der Waals surface area contributed by atoms with Crippen molar-refractivity contribution in [1.82, 2.24) is 0 Å². The summed E-state index contributed by atoms with van der Waals surface area (Å²) in [6, 6.07) is 0. The molecule has 1 heterocycles. The van der Waals surface area contributed by atoms with E-state index in [-0.39, 0.29) is 0 Å². The average Bonchev–Trinajstić information content (AvgIpc) is 1.79. The van der Waals surface area contributed by atoms with Crippen LogP contribution in [0, 0.1) is 0 Å². The Kier molecular flexibility index (Phi) is 2.32. The van der Waals surface area contributed by atoms with Crippen molar-refractivity contribution in [3.63, 3.8) is 0 Å². The summed E-state index contributed by atoms with van der Waals surface area (Å²) < 4.78 is 0. The lowest BCUT2D eigenvalue weighted by molar-refractivity contribution is -0.581. The predicted molar refractivity (Wildman–Crippen MR) is 49.6 cm³/mol. The van der Waals surface area contributed by atoms with E-state index in [4.69, 9.17) is 19.6 Å². The van der Waals surface area contributed by atoms with Gasteiger partial charge in [-0.1, -0.05) is 0 Å². The summed E-state index contributed by atoms with van der Waals surface area (Å²) >= 11 is 0. The molecule has 0 amide bonds. The zero-order chi connectivity index (χ0) is 7.83. The van der Waals surface area contributed by atoms with E-state index in [1.54, 1.807) is 0 Å². The number of rotatable bonds is 0. The lowest BCUT2D eigenvalue weighted by Crippen LogP contribution is -2.52. The minimum atomic E-state index is -0.488. The molecule has 0 aromatic rings. The van der Waals surface area contributed by atoms with Crippen molar-refractivity contribution >= 4 is 41.0 Å². The van der Waals surface area contributed by atoms with Crippen LogP contribution in [0.4, 0.5) is 0 Å². The SMILES string of the molecule is [SiH3]C1([SiH3])OOC([SiH3])([SiH3])OO1. The van der Waals surface area contributed by atoms with Gasteiger partial charge in [0.05, 0.1) is 41.0 Å². The van der Waals surface area contributed by atoms with Gasteiger partial charge in [-0.25, -0.2) is 19.6 Å². The second kappa shape index (κ2) is 2.64. The zero-order valence-electron chi connectivity index (χ0n) is 6.63. The van der Waals surface area contributed by atoms with Crippen molar-refractivity contribution in [2.24, 2.45) is 0 Å². The number of hydrogen-bond acceptors (Lipinski definition) is 4. The molecule has 60 valence electrons. The zero-order valence-corrected chi connectivity index (χ0v) is 14.6. The van der Waals surface area contributed by atoms with Crippen molar-refractivity contribution in [1.29, 1.82) is 0 Å². The first-order valence-electron chi connectivity index (χ1n) is 3.15. The quantitative estimate of drug-likeness (QED) is 0.297. The molecular formula is C2H12O4Si4. The Morgan fingerprint density at radius 2 is 0.800 bits per heavy atom. The first kappa shape index (κ1) is 8.80. The fourth-order valence-electron chi connectivity index (χ4n) is 0.429. The van der Waals surface area contributed by atoms with Gasteiger partial charge in [-0.15, -0.1) is 0 Å². The molecule has 4 nitrogen and oxygen atoms in total. The summed E-state index contributed by atoms with van der Waals surface area (Å²) in [4.78, 5) is 20.1. The van der Waals surface area contributed by atoms with Crippen LogP contribution >= 0.6 is 0 Å². The highest BCUT2D eigenvalue weighted by Crippen LogP contribution is 2.18. The van der Waals surface area contributed by atoms with Gasteiger partial charge in [0, 0.05) is 0 Å². The molecule has 0 bridgehead atoms. The van der Waals surface area contributed by atoms with Crippen LogP contribution in [-0.2, 0) is 19.6 Å². The van der Waals surface area contributed by atoms with Crippen molar-refractivity contribution in [3.05, 3.63) is 0 Å². The third-order valence-corrected chi connectivity index (χ3v) is 2.22. The largest absolute Gasteiger partial charge is 0.207 e. The summed E-state index contributed by atoms with van der Waals surface area (Å²) in [5.74, 6) is 0. The van der Waals surface area contributed by atoms with Crippen LogP contribution in [0.5, 0.6) is 0 Å². The average molecular weight is 212 g/mol. The summed E-state index contributed by atoms with van der Waals surface area (Å²) in [6.45, 7) is 0. The van der Waals surface area contributed by atoms with E-state index >= 15 is 0 Å². The molecule has 0 aliphatic carbocycles. The molecule has 0 N–H and O–H groups in total. The van der Waals surface area contributed by atoms with Crippen LogP contribution in [0.25, 0.3) is 0 Å². The van der Waals surface area contributed by atoms with Gasteiger partial charge in [0.2, 0.25) is 0 Å². The third-order valence-electron chi connectivity index (χ3n) is 0.886. The van der Waals surface area contributed by atoms with Gasteiger partial charge in [-0.2, -0.15) is 0 Å². The molecule has 0 saturated carbocycles. The Bertz CT molecular complexity index is 107. The maximum atomic E-state index is 5.03. The fourth-order valence-corrected chi connectivity index (χ4v) is 1.10. The van der Waals surface area contributed by atoms with E-state index in [2.05, 4.69) is 0 Å². The lowest BCUT2D eigenvalue weighted by atomic mass is 11.3. The first-order chi connectivity index (χ1) is 4.41. The van der Waals surface area contributed by atoms with Crippen LogP contribution in [-0.4, -0.2) is 51.0 Å². The molecule has 1 saturated heterocycles. The van der Waals surface area contributed by atoms with Crippen molar-refractivity contribution in [2.45, 2.75) is 10.1 Å². The fraction of sp³-hybridized carbons (Fsp3) is 1.00. The molecule has 0 aromatic heterocycles. The molecular weight excluding hydrogens is 200 g/mol. The van der Waals surface area contributed by atoms with Gasteiger partial charge in [0.15, 0.2) is 10.1 Å². The van der Waals surface area contributed by atoms with Crippen molar-refractivity contribution in [2.75, 3.05) is 0 Å². The minimum absolute atomic E-state index is 0.488. The minimum Gasteiger partial charge on any atom is -0.207 e. The van der Waals surface area contributed by atoms with E-state index in [9.17, 15) is 0 Å². The molecule has 0 atom stereocenters. The molecule has 1 aliphatic heterocycles. The molecule has 8 heteroatoms. The highest BCUT2D eigenvalue weighted by Gasteiger charge is 2.35. The Labute approximate surface area is 71.1 Å². The van der Waals surface area contributed by atoms with Gasteiger partial charge < -0.3 is 0 Å². The van der Waals surface area contributed by atoms with E-state index in [0.29, 0.717) is 0 Å². The highest BCUT2D eigenvalue weighted by atomic mass is 28.2. The van der Waals surface area contributed by atoms with Crippen LogP contribution < -0.4 is 0 Å². The molecule has 0 radical (unpaired) electrons. The second-order valence-electron chi connectivity index (χ2n) is 3.13. The van der Waals surface area contributed by atoms with E-state index in [0.717, 1.165) is 41.0 Å². The Morgan fingerprint density at radius 1 is 0.600 bits per heavy atom. The van der Waals surface area contributed by atoms with Crippen molar-refractivity contribution < 1.29 is 19.6 Å². The molecule has 0 aromatic carbocycles. The highest BCUT2D eigenvalue weighted by molar-refractivity contribution is 6.39. The maximum absolute atomic E-state index is 5.03. The summed E-state index contributed by atoms with van der Waals surface area (Å²) in [5.41, 5.74) is 0. The summed E-state index contributed by atoms with van der Waals surface area (Å²) in [7, 11) is 3.15. The Hall–Kier alpha value is 0.708. The monoisotopic (exact) mass is 212 g/mol. The normalized spacial score (nSPS) is 50.4. The van der Waals surface area contributed by atoms with Gasteiger partial charge in [0.1, 0.15) is 0 Å². The second-order valence-corrected chi connectivity index (χ2v) is 14.4. The molecule has 1 aliphatic rings.